The van der Waals surface area contributed by atoms with Crippen LogP contribution < -0.4 is 10.6 Å². The first kappa shape index (κ1) is 24.4. The molecular formula is C24H37N5O2. The van der Waals surface area contributed by atoms with Gasteiger partial charge in [-0.2, -0.15) is 5.10 Å². The van der Waals surface area contributed by atoms with Crippen LogP contribution in [0.15, 0.2) is 30.3 Å². The smallest absolute Gasteiger partial charge is 0.315 e. The summed E-state index contributed by atoms with van der Waals surface area (Å²) >= 11 is 0. The lowest BCUT2D eigenvalue weighted by Gasteiger charge is -2.25. The number of urea groups is 1. The van der Waals surface area contributed by atoms with Crippen LogP contribution in [0.25, 0.3) is 0 Å². The Kier molecular flexibility index (Phi) is 7.52. The summed E-state index contributed by atoms with van der Waals surface area (Å²) < 4.78 is 1.84. The summed E-state index contributed by atoms with van der Waals surface area (Å²) in [4.78, 5) is 27.2. The van der Waals surface area contributed by atoms with Crippen LogP contribution in [-0.2, 0) is 15.7 Å². The molecule has 2 N–H and O–H groups in total. The molecule has 7 heteroatoms. The van der Waals surface area contributed by atoms with Gasteiger partial charge in [-0.25, -0.2) is 9.48 Å². The monoisotopic (exact) mass is 427 g/mol. The number of benzene rings is 1. The van der Waals surface area contributed by atoms with Crippen molar-refractivity contribution >= 4 is 23.4 Å². The van der Waals surface area contributed by atoms with Crippen LogP contribution in [0.2, 0.25) is 0 Å². The molecule has 0 radical (unpaired) electrons. The first-order chi connectivity index (χ1) is 14.3. The molecule has 0 saturated carbocycles. The van der Waals surface area contributed by atoms with Crippen molar-refractivity contribution in [2.75, 3.05) is 23.7 Å². The number of amides is 3. The van der Waals surface area contributed by atoms with Crippen molar-refractivity contribution in [1.82, 2.24) is 14.7 Å². The fourth-order valence-electron chi connectivity index (χ4n) is 3.13. The number of hydrogen-bond donors (Lipinski definition) is 2. The van der Waals surface area contributed by atoms with Gasteiger partial charge in [0.15, 0.2) is 0 Å². The van der Waals surface area contributed by atoms with E-state index in [1.54, 1.807) is 0 Å². The number of aromatic nitrogens is 2. The highest BCUT2D eigenvalue weighted by Gasteiger charge is 2.26. The van der Waals surface area contributed by atoms with E-state index in [0.29, 0.717) is 12.4 Å². The molecule has 0 aliphatic heterocycles. The molecule has 0 fully saturated rings. The van der Waals surface area contributed by atoms with E-state index in [1.165, 1.54) is 4.90 Å². The normalized spacial score (nSPS) is 11.9. The van der Waals surface area contributed by atoms with Gasteiger partial charge in [0.2, 0.25) is 5.91 Å². The average molecular weight is 428 g/mol. The molecule has 0 aliphatic carbocycles. The van der Waals surface area contributed by atoms with Crippen LogP contribution in [0, 0.1) is 6.92 Å². The Morgan fingerprint density at radius 3 is 2.26 bits per heavy atom. The molecule has 1 heterocycles. The maximum absolute atomic E-state index is 12.9. The molecule has 2 aromatic rings. The van der Waals surface area contributed by atoms with E-state index in [1.807, 2.05) is 69.6 Å². The van der Waals surface area contributed by atoms with Crippen LogP contribution in [0.1, 0.15) is 66.1 Å². The lowest BCUT2D eigenvalue weighted by Crippen LogP contribution is -2.41. The van der Waals surface area contributed by atoms with Crippen LogP contribution >= 0.6 is 0 Å². The summed E-state index contributed by atoms with van der Waals surface area (Å²) in [6, 6.07) is 9.22. The molecule has 0 atom stereocenters. The lowest BCUT2D eigenvalue weighted by atomic mass is 9.92. The third kappa shape index (κ3) is 6.57. The second kappa shape index (κ2) is 9.54. The maximum Gasteiger partial charge on any atom is 0.322 e. The fraction of sp³-hybridized carbons (Fsp3) is 0.542. The number of aryl methyl sites for hydroxylation is 1. The Balaban J connectivity index is 2.17. The molecule has 2 rings (SSSR count). The minimum atomic E-state index is -0.294. The van der Waals surface area contributed by atoms with Crippen molar-refractivity contribution in [2.45, 2.75) is 72.8 Å². The van der Waals surface area contributed by atoms with Gasteiger partial charge in [-0.05, 0) is 45.7 Å². The molecular weight excluding hydrogens is 390 g/mol. The van der Waals surface area contributed by atoms with Crippen molar-refractivity contribution in [2.24, 2.45) is 0 Å². The molecule has 31 heavy (non-hydrogen) atoms. The topological polar surface area (TPSA) is 79.3 Å². The van der Waals surface area contributed by atoms with Gasteiger partial charge in [0.1, 0.15) is 12.4 Å². The van der Waals surface area contributed by atoms with Crippen LogP contribution in [-0.4, -0.2) is 39.7 Å². The maximum atomic E-state index is 12.9. The van der Waals surface area contributed by atoms with E-state index in [9.17, 15) is 9.59 Å². The number of anilines is 2. The van der Waals surface area contributed by atoms with Gasteiger partial charge in [0.25, 0.3) is 0 Å². The number of para-hydroxylation sites is 1. The third-order valence-corrected chi connectivity index (χ3v) is 4.88. The minimum Gasteiger partial charge on any atom is -0.315 e. The Morgan fingerprint density at radius 2 is 1.71 bits per heavy atom. The quantitative estimate of drug-likeness (QED) is 0.671. The van der Waals surface area contributed by atoms with Gasteiger partial charge in [0.05, 0.1) is 11.2 Å². The van der Waals surface area contributed by atoms with Gasteiger partial charge >= 0.3 is 6.03 Å². The summed E-state index contributed by atoms with van der Waals surface area (Å²) in [6.45, 7) is 16.8. The third-order valence-electron chi connectivity index (χ3n) is 4.88. The Bertz CT molecular complexity index is 919. The molecule has 170 valence electrons. The highest BCUT2D eigenvalue weighted by Crippen LogP contribution is 2.28. The van der Waals surface area contributed by atoms with Crippen LogP contribution in [0.3, 0.4) is 0 Å². The highest BCUT2D eigenvalue weighted by molar-refractivity contribution is 5.97. The lowest BCUT2D eigenvalue weighted by molar-refractivity contribution is -0.116. The number of carbonyl (C=O) groups is 2. The molecule has 0 aliphatic rings. The molecule has 0 bridgehead atoms. The average Bonchev–Trinajstić information content (AvgIpc) is 3.07. The second-order valence-electron chi connectivity index (χ2n) is 9.96. The number of nitrogens with zero attached hydrogens (tertiary/aromatic N) is 3. The zero-order valence-corrected chi connectivity index (χ0v) is 20.2. The van der Waals surface area contributed by atoms with Gasteiger partial charge < -0.3 is 15.5 Å². The number of rotatable bonds is 6. The van der Waals surface area contributed by atoms with Gasteiger partial charge in [0, 0.05) is 23.7 Å². The molecule has 0 spiro atoms. The van der Waals surface area contributed by atoms with Crippen LogP contribution in [0.5, 0.6) is 0 Å². The zero-order valence-electron chi connectivity index (χ0n) is 20.2. The van der Waals surface area contributed by atoms with Crippen molar-refractivity contribution in [3.63, 3.8) is 0 Å². The Morgan fingerprint density at radius 1 is 1.06 bits per heavy atom. The van der Waals surface area contributed by atoms with Crippen molar-refractivity contribution < 1.29 is 9.59 Å². The molecule has 1 aromatic heterocycles. The number of nitrogens with one attached hydrogen (secondary N) is 2. The van der Waals surface area contributed by atoms with E-state index in [-0.39, 0.29) is 29.4 Å². The van der Waals surface area contributed by atoms with Crippen molar-refractivity contribution in [1.29, 1.82) is 0 Å². The summed E-state index contributed by atoms with van der Waals surface area (Å²) in [7, 11) is 0. The fourth-order valence-corrected chi connectivity index (χ4v) is 3.13. The Labute approximate surface area is 186 Å². The number of hydrogen-bond acceptors (Lipinski definition) is 3. The van der Waals surface area contributed by atoms with E-state index in [0.717, 1.165) is 23.4 Å². The van der Waals surface area contributed by atoms with Crippen molar-refractivity contribution in [3.8, 4) is 0 Å². The number of carbonyl (C=O) groups excluding carboxylic acids is 2. The summed E-state index contributed by atoms with van der Waals surface area (Å²) in [5, 5.41) is 10.6. The molecule has 1 aromatic carbocycles. The predicted octanol–water partition coefficient (Wildman–Crippen LogP) is 5.13. The van der Waals surface area contributed by atoms with Gasteiger partial charge in [-0.3, -0.25) is 4.79 Å². The first-order valence-corrected chi connectivity index (χ1v) is 10.9. The second-order valence-corrected chi connectivity index (χ2v) is 9.96. The summed E-state index contributed by atoms with van der Waals surface area (Å²) in [6.07, 6.45) is 0.753. The molecule has 3 amide bonds. The van der Waals surface area contributed by atoms with Gasteiger partial charge in [-0.15, -0.1) is 0 Å². The predicted molar refractivity (Wildman–Crippen MR) is 127 cm³/mol. The molecule has 0 saturated heterocycles. The SMILES string of the molecule is CCCN(CC(=O)Nc1cc(C(C)(C)C)nn1C(C)(C)C)C(=O)Nc1ccccc1C. The van der Waals surface area contributed by atoms with E-state index < -0.39 is 0 Å². The van der Waals surface area contributed by atoms with E-state index >= 15 is 0 Å². The van der Waals surface area contributed by atoms with E-state index in [2.05, 4.69) is 31.4 Å². The first-order valence-electron chi connectivity index (χ1n) is 10.9. The molecule has 0 unspecified atom stereocenters. The standard InChI is InChI=1S/C24H37N5O2/c1-9-14-28(22(31)25-18-13-11-10-12-17(18)2)16-21(30)26-20-15-19(23(3,4)5)27-29(20)24(6,7)8/h10-13,15H,9,14,16H2,1-8H3,(H,25,31)(H,26,30). The van der Waals surface area contributed by atoms with Crippen LogP contribution in [0.4, 0.5) is 16.3 Å². The summed E-state index contributed by atoms with van der Waals surface area (Å²) in [5.41, 5.74) is 2.19. The zero-order chi connectivity index (χ0) is 23.4. The van der Waals surface area contributed by atoms with E-state index in [4.69, 9.17) is 5.10 Å². The Hall–Kier alpha value is -2.83. The summed E-state index contributed by atoms with van der Waals surface area (Å²) in [5.74, 6) is 0.387. The minimum absolute atomic E-state index is 0.0360. The largest absolute Gasteiger partial charge is 0.322 e. The highest BCUT2D eigenvalue weighted by atomic mass is 16.2. The van der Waals surface area contributed by atoms with Gasteiger partial charge in [-0.1, -0.05) is 45.9 Å². The molecule has 7 nitrogen and oxygen atoms in total. The van der Waals surface area contributed by atoms with Crippen molar-refractivity contribution in [3.05, 3.63) is 41.6 Å².